The minimum absolute atomic E-state index is 0.0826. The van der Waals surface area contributed by atoms with Gasteiger partial charge in [-0.2, -0.15) is 0 Å². The molecule has 3 saturated heterocycles. The van der Waals surface area contributed by atoms with Crippen LogP contribution in [-0.2, 0) is 33.3 Å². The van der Waals surface area contributed by atoms with Gasteiger partial charge in [0.25, 0.3) is 0 Å². The van der Waals surface area contributed by atoms with Crippen molar-refractivity contribution in [3.63, 3.8) is 0 Å². The van der Waals surface area contributed by atoms with Crippen LogP contribution >= 0.6 is 0 Å². The Morgan fingerprint density at radius 1 is 0.938 bits per heavy atom. The van der Waals surface area contributed by atoms with Crippen molar-refractivity contribution < 1.29 is 53.7 Å². The van der Waals surface area contributed by atoms with Crippen molar-refractivity contribution in [1.82, 2.24) is 0 Å². The van der Waals surface area contributed by atoms with Gasteiger partial charge < -0.3 is 44.1 Å². The zero-order valence-electron chi connectivity index (χ0n) is 18.3. The van der Waals surface area contributed by atoms with Crippen molar-refractivity contribution in [2.24, 2.45) is 23.7 Å². The van der Waals surface area contributed by atoms with Crippen molar-refractivity contribution >= 4 is 11.9 Å². The molecule has 1 spiro atoms. The molecule has 182 valence electrons. The molecule has 4 aliphatic rings. The van der Waals surface area contributed by atoms with E-state index in [1.807, 2.05) is 6.92 Å². The van der Waals surface area contributed by atoms with Gasteiger partial charge in [0.2, 0.25) is 6.29 Å². The zero-order chi connectivity index (χ0) is 23.4. The van der Waals surface area contributed by atoms with Gasteiger partial charge in [-0.1, -0.05) is 13.8 Å². The molecule has 4 rings (SSSR count). The van der Waals surface area contributed by atoms with Crippen LogP contribution in [-0.4, -0.2) is 87.9 Å². The average Bonchev–Trinajstić information content (AvgIpc) is 3.18. The first kappa shape index (κ1) is 23.8. The molecule has 0 radical (unpaired) electrons. The Kier molecular flexibility index (Phi) is 6.54. The monoisotopic (exact) mass is 460 g/mol. The van der Waals surface area contributed by atoms with Crippen molar-refractivity contribution in [1.29, 1.82) is 0 Å². The molecule has 1 unspecified atom stereocenters. The zero-order valence-corrected chi connectivity index (χ0v) is 18.3. The fraction of sp³-hybridized carbons (Fsp3) is 0.905. The molecule has 1 saturated carbocycles. The summed E-state index contributed by atoms with van der Waals surface area (Å²) in [6.45, 7) is 5.85. The average molecular weight is 460 g/mol. The number of aliphatic carboxylic acids is 1. The molecule has 0 aromatic rings. The minimum atomic E-state index is -1.82. The molecular weight excluding hydrogens is 428 g/mol. The van der Waals surface area contributed by atoms with Gasteiger partial charge >= 0.3 is 11.9 Å². The van der Waals surface area contributed by atoms with Gasteiger partial charge in [-0.05, 0) is 31.1 Å². The van der Waals surface area contributed by atoms with Crippen molar-refractivity contribution in [2.75, 3.05) is 6.61 Å². The second kappa shape index (κ2) is 8.79. The predicted octanol–water partition coefficient (Wildman–Crippen LogP) is -0.402. The Morgan fingerprint density at radius 3 is 2.31 bits per heavy atom. The van der Waals surface area contributed by atoms with Crippen LogP contribution in [0.4, 0.5) is 0 Å². The number of carbonyl (C=O) groups is 2. The molecule has 0 aromatic carbocycles. The summed E-state index contributed by atoms with van der Waals surface area (Å²) in [5.74, 6) is -1.91. The first-order valence-corrected chi connectivity index (χ1v) is 11.1. The molecule has 0 bridgehead atoms. The Hall–Kier alpha value is -1.34. The maximum absolute atomic E-state index is 11.9. The lowest BCUT2D eigenvalue weighted by Crippen LogP contribution is -2.67. The van der Waals surface area contributed by atoms with E-state index >= 15 is 0 Å². The number of rotatable bonds is 4. The molecule has 1 aliphatic carbocycles. The van der Waals surface area contributed by atoms with Crippen molar-refractivity contribution in [3.8, 4) is 0 Å². The second-order valence-electron chi connectivity index (χ2n) is 9.43. The third-order valence-electron chi connectivity index (χ3n) is 7.60. The highest BCUT2D eigenvalue weighted by Gasteiger charge is 2.66. The number of ether oxygens (including phenoxy) is 5. The van der Waals surface area contributed by atoms with Crippen LogP contribution in [0.1, 0.15) is 40.0 Å². The normalized spacial score (nSPS) is 50.9. The van der Waals surface area contributed by atoms with E-state index in [0.717, 1.165) is 19.3 Å². The first-order valence-electron chi connectivity index (χ1n) is 11.1. The van der Waals surface area contributed by atoms with E-state index in [9.17, 15) is 30.0 Å². The Bertz CT molecular complexity index is 731. The number of aliphatic hydroxyl groups is 3. The number of hydrogen-bond donors (Lipinski definition) is 4. The van der Waals surface area contributed by atoms with E-state index < -0.39 is 60.8 Å². The summed E-state index contributed by atoms with van der Waals surface area (Å²) in [4.78, 5) is 23.3. The number of carbonyl (C=O) groups excluding carboxylic acids is 1. The lowest BCUT2D eigenvalue weighted by molar-refractivity contribution is -0.404. The third-order valence-corrected chi connectivity index (χ3v) is 7.60. The number of aliphatic hydroxyl groups excluding tert-OH is 3. The number of hydrogen-bond acceptors (Lipinski definition) is 10. The third kappa shape index (κ3) is 3.73. The summed E-state index contributed by atoms with van der Waals surface area (Å²) in [7, 11) is 0. The Morgan fingerprint density at radius 2 is 1.66 bits per heavy atom. The second-order valence-corrected chi connectivity index (χ2v) is 9.43. The van der Waals surface area contributed by atoms with E-state index in [2.05, 4.69) is 6.92 Å². The summed E-state index contributed by atoms with van der Waals surface area (Å²) >= 11 is 0. The van der Waals surface area contributed by atoms with Crippen LogP contribution in [0.5, 0.6) is 0 Å². The van der Waals surface area contributed by atoms with Crippen molar-refractivity contribution in [3.05, 3.63) is 0 Å². The van der Waals surface area contributed by atoms with E-state index in [-0.39, 0.29) is 17.8 Å². The summed E-state index contributed by atoms with van der Waals surface area (Å²) in [6.07, 6.45) is -8.20. The molecule has 0 amide bonds. The molecule has 3 aliphatic heterocycles. The van der Waals surface area contributed by atoms with Crippen LogP contribution in [0.2, 0.25) is 0 Å². The van der Waals surface area contributed by atoms with E-state index in [4.69, 9.17) is 23.7 Å². The number of carboxylic acid groups (broad SMARTS) is 1. The highest BCUT2D eigenvalue weighted by Crippen LogP contribution is 2.57. The van der Waals surface area contributed by atoms with Crippen molar-refractivity contribution in [2.45, 2.75) is 88.9 Å². The molecule has 4 fully saturated rings. The van der Waals surface area contributed by atoms with Gasteiger partial charge in [0.05, 0.1) is 0 Å². The first-order chi connectivity index (χ1) is 15.1. The summed E-state index contributed by atoms with van der Waals surface area (Å²) in [6, 6.07) is 0. The van der Waals surface area contributed by atoms with E-state index in [0.29, 0.717) is 12.5 Å². The van der Waals surface area contributed by atoms with Gasteiger partial charge in [-0.3, -0.25) is 4.79 Å². The smallest absolute Gasteiger partial charge is 0.335 e. The Labute approximate surface area is 185 Å². The molecule has 11 nitrogen and oxygen atoms in total. The van der Waals surface area contributed by atoms with E-state index in [1.54, 1.807) is 0 Å². The topological polar surface area (TPSA) is 161 Å². The largest absolute Gasteiger partial charge is 0.479 e. The Balaban J connectivity index is 1.59. The molecule has 0 aromatic heterocycles. The van der Waals surface area contributed by atoms with E-state index in [1.165, 1.54) is 6.92 Å². The van der Waals surface area contributed by atoms with Crippen LogP contribution in [0, 0.1) is 23.7 Å². The highest BCUT2D eigenvalue weighted by atomic mass is 16.8. The standard InChI is InChI=1S/C21H32O11/c1-8-4-5-12-9(2)18(31-19-15(25)13(23)14(24)16(30-19)17(26)27)32-20(29-10(3)22)21(12)11(8)6-7-28-21/h8-9,11-16,18-20,23-25H,4-7H2,1-3H3,(H,26,27)/t8-,9-,11+,12+,13+,14+,15-,16+,18?,19+,20+,21-/m1/s1. The number of carboxylic acids is 1. The maximum Gasteiger partial charge on any atom is 0.335 e. The highest BCUT2D eigenvalue weighted by molar-refractivity contribution is 5.73. The lowest BCUT2D eigenvalue weighted by Gasteiger charge is -2.57. The lowest BCUT2D eigenvalue weighted by atomic mass is 9.59. The molecule has 12 atom stereocenters. The molecule has 3 heterocycles. The van der Waals surface area contributed by atoms with Crippen LogP contribution in [0.15, 0.2) is 0 Å². The number of esters is 1. The SMILES string of the molecule is CC(=O)O[C@H]1OC(O[C@@H]2O[C@H](C(=O)O)[C@@H](O)[C@H](O)[C@H]2O)[C@H](C)[C@@H]2CC[C@@H](C)[C@@H]3CCO[C@]132. The summed E-state index contributed by atoms with van der Waals surface area (Å²) in [5.41, 5.74) is -0.812. The van der Waals surface area contributed by atoms with Gasteiger partial charge in [-0.15, -0.1) is 0 Å². The maximum atomic E-state index is 11.9. The minimum Gasteiger partial charge on any atom is -0.479 e. The van der Waals surface area contributed by atoms with Crippen LogP contribution in [0.25, 0.3) is 0 Å². The summed E-state index contributed by atoms with van der Waals surface area (Å²) in [5, 5.41) is 39.6. The van der Waals surface area contributed by atoms with Gasteiger partial charge in [0.1, 0.15) is 23.9 Å². The van der Waals surface area contributed by atoms with Gasteiger partial charge in [0, 0.05) is 25.4 Å². The van der Waals surface area contributed by atoms with Crippen LogP contribution < -0.4 is 0 Å². The van der Waals surface area contributed by atoms with Gasteiger partial charge in [0.15, 0.2) is 18.7 Å². The summed E-state index contributed by atoms with van der Waals surface area (Å²) < 4.78 is 28.9. The molecule has 4 N–H and O–H groups in total. The quantitative estimate of drug-likeness (QED) is 0.404. The molecule has 32 heavy (non-hydrogen) atoms. The fourth-order valence-corrected chi connectivity index (χ4v) is 6.03. The fourth-order valence-electron chi connectivity index (χ4n) is 6.03. The molecule has 11 heteroatoms. The predicted molar refractivity (Wildman–Crippen MR) is 104 cm³/mol. The van der Waals surface area contributed by atoms with Gasteiger partial charge in [-0.25, -0.2) is 4.79 Å². The van der Waals surface area contributed by atoms with Crippen LogP contribution in [0.3, 0.4) is 0 Å². The molecular formula is C21H32O11.